The molecule has 1 atom stereocenters. The number of nitrogens with two attached hydrogens (primary N) is 1. The second-order valence-electron chi connectivity index (χ2n) is 5.20. The summed E-state index contributed by atoms with van der Waals surface area (Å²) >= 11 is 0. The van der Waals surface area contributed by atoms with Gasteiger partial charge in [0, 0.05) is 29.0 Å². The van der Waals surface area contributed by atoms with Crippen molar-refractivity contribution in [2.45, 2.75) is 18.9 Å². The molecule has 0 radical (unpaired) electrons. The van der Waals surface area contributed by atoms with Crippen LogP contribution in [0.15, 0.2) is 36.4 Å². The summed E-state index contributed by atoms with van der Waals surface area (Å²) in [5, 5.41) is 14.6. The van der Waals surface area contributed by atoms with Crippen LogP contribution >= 0.6 is 0 Å². The van der Waals surface area contributed by atoms with Crippen molar-refractivity contribution in [2.75, 3.05) is 11.9 Å². The maximum atomic E-state index is 9.14. The molecule has 0 saturated heterocycles. The van der Waals surface area contributed by atoms with Crippen molar-refractivity contribution in [3.63, 3.8) is 0 Å². The number of nitriles is 1. The van der Waals surface area contributed by atoms with Crippen LogP contribution in [-0.2, 0) is 0 Å². The van der Waals surface area contributed by atoms with Gasteiger partial charge in [0.25, 0.3) is 0 Å². The van der Waals surface area contributed by atoms with Crippen LogP contribution in [0.3, 0.4) is 0 Å². The summed E-state index contributed by atoms with van der Waals surface area (Å²) in [5.74, 6) is 0.692. The first-order chi connectivity index (χ1) is 9.29. The van der Waals surface area contributed by atoms with Crippen LogP contribution in [0, 0.1) is 17.2 Å². The second kappa shape index (κ2) is 4.91. The molecule has 0 amide bonds. The molecule has 1 aliphatic rings. The van der Waals surface area contributed by atoms with Gasteiger partial charge in [-0.05, 0) is 30.9 Å². The third-order valence-electron chi connectivity index (χ3n) is 3.80. The van der Waals surface area contributed by atoms with E-state index >= 15 is 0 Å². The summed E-state index contributed by atoms with van der Waals surface area (Å²) in [6.07, 6.45) is 2.52. The van der Waals surface area contributed by atoms with E-state index in [1.54, 1.807) is 0 Å². The fourth-order valence-electron chi connectivity index (χ4n) is 2.47. The van der Waals surface area contributed by atoms with Gasteiger partial charge in [0.1, 0.15) is 0 Å². The van der Waals surface area contributed by atoms with E-state index < -0.39 is 0 Å². The van der Waals surface area contributed by atoms with Gasteiger partial charge in [-0.25, -0.2) is 0 Å². The van der Waals surface area contributed by atoms with Crippen LogP contribution in [0.25, 0.3) is 10.8 Å². The Labute approximate surface area is 113 Å². The maximum Gasteiger partial charge on any atom is 0.0998 e. The molecule has 0 spiro atoms. The Morgan fingerprint density at radius 3 is 2.63 bits per heavy atom. The molecular weight excluding hydrogens is 234 g/mol. The van der Waals surface area contributed by atoms with Crippen LogP contribution in [0.4, 0.5) is 5.69 Å². The topological polar surface area (TPSA) is 61.8 Å². The van der Waals surface area contributed by atoms with E-state index in [-0.39, 0.29) is 6.04 Å². The first-order valence-electron chi connectivity index (χ1n) is 6.71. The summed E-state index contributed by atoms with van der Waals surface area (Å²) in [4.78, 5) is 0. The third kappa shape index (κ3) is 2.40. The Hall–Kier alpha value is -2.05. The molecule has 0 aromatic heterocycles. The number of hydrogen-bond acceptors (Lipinski definition) is 3. The highest BCUT2D eigenvalue weighted by atomic mass is 14.9. The Morgan fingerprint density at radius 2 is 1.95 bits per heavy atom. The van der Waals surface area contributed by atoms with Gasteiger partial charge < -0.3 is 11.1 Å². The maximum absolute atomic E-state index is 9.14. The van der Waals surface area contributed by atoms with Crippen LogP contribution in [0.5, 0.6) is 0 Å². The van der Waals surface area contributed by atoms with Crippen molar-refractivity contribution in [2.24, 2.45) is 11.7 Å². The molecule has 3 N–H and O–H groups in total. The predicted molar refractivity (Wildman–Crippen MR) is 77.9 cm³/mol. The summed E-state index contributed by atoms with van der Waals surface area (Å²) in [5.41, 5.74) is 7.89. The monoisotopic (exact) mass is 251 g/mol. The number of nitrogens with zero attached hydrogens (tertiary/aromatic N) is 1. The average Bonchev–Trinajstić information content (AvgIpc) is 3.29. The summed E-state index contributed by atoms with van der Waals surface area (Å²) < 4.78 is 0. The van der Waals surface area contributed by atoms with Gasteiger partial charge in [-0.1, -0.05) is 24.3 Å². The van der Waals surface area contributed by atoms with E-state index in [2.05, 4.69) is 11.4 Å². The highest BCUT2D eigenvalue weighted by molar-refractivity contribution is 5.97. The molecule has 3 rings (SSSR count). The van der Waals surface area contributed by atoms with Crippen LogP contribution in [-0.4, -0.2) is 12.6 Å². The smallest absolute Gasteiger partial charge is 0.0998 e. The number of rotatable bonds is 4. The van der Waals surface area contributed by atoms with Gasteiger partial charge in [-0.15, -0.1) is 0 Å². The van der Waals surface area contributed by atoms with Gasteiger partial charge >= 0.3 is 0 Å². The second-order valence-corrected chi connectivity index (χ2v) is 5.20. The van der Waals surface area contributed by atoms with E-state index in [4.69, 9.17) is 11.0 Å². The standard InChI is InChI=1S/C16H17N3/c17-9-12-7-8-16(14-4-2-1-3-13(12)14)19-10-15(18)11-5-6-11/h1-4,7-8,11,15,19H,5-6,10,18H2. The molecule has 1 unspecified atom stereocenters. The van der Waals surface area contributed by atoms with Crippen LogP contribution in [0.2, 0.25) is 0 Å². The van der Waals surface area contributed by atoms with Crippen molar-refractivity contribution < 1.29 is 0 Å². The lowest BCUT2D eigenvalue weighted by atomic mass is 10.0. The summed E-state index contributed by atoms with van der Waals surface area (Å²) in [7, 11) is 0. The van der Waals surface area contributed by atoms with Crippen molar-refractivity contribution in [1.82, 2.24) is 0 Å². The van der Waals surface area contributed by atoms with Crippen molar-refractivity contribution >= 4 is 16.5 Å². The number of nitrogens with one attached hydrogen (secondary N) is 1. The first kappa shape index (κ1) is 12.0. The molecule has 0 heterocycles. The zero-order chi connectivity index (χ0) is 13.2. The number of benzene rings is 2. The molecule has 3 heteroatoms. The SMILES string of the molecule is N#Cc1ccc(NCC(N)C2CC2)c2ccccc12. The van der Waals surface area contributed by atoms with E-state index in [0.29, 0.717) is 11.5 Å². The fourth-order valence-corrected chi connectivity index (χ4v) is 2.47. The Morgan fingerprint density at radius 1 is 1.21 bits per heavy atom. The molecule has 96 valence electrons. The van der Waals surface area contributed by atoms with Gasteiger partial charge in [-0.2, -0.15) is 5.26 Å². The largest absolute Gasteiger partial charge is 0.383 e. The van der Waals surface area contributed by atoms with E-state index in [9.17, 15) is 0 Å². The molecule has 0 aliphatic heterocycles. The van der Waals surface area contributed by atoms with Crippen LogP contribution < -0.4 is 11.1 Å². The zero-order valence-electron chi connectivity index (χ0n) is 10.8. The minimum atomic E-state index is 0.231. The number of anilines is 1. The lowest BCUT2D eigenvalue weighted by molar-refractivity contribution is 0.621. The number of fused-ring (bicyclic) bond motifs is 1. The molecule has 2 aromatic rings. The van der Waals surface area contributed by atoms with E-state index in [1.165, 1.54) is 12.8 Å². The van der Waals surface area contributed by atoms with Gasteiger partial charge in [0.15, 0.2) is 0 Å². The average molecular weight is 251 g/mol. The molecular formula is C16H17N3. The minimum absolute atomic E-state index is 0.231. The molecule has 1 aliphatic carbocycles. The molecule has 0 bridgehead atoms. The van der Waals surface area contributed by atoms with Gasteiger partial charge in [0.2, 0.25) is 0 Å². The highest BCUT2D eigenvalue weighted by Gasteiger charge is 2.28. The molecule has 3 nitrogen and oxygen atoms in total. The van der Waals surface area contributed by atoms with Gasteiger partial charge in [-0.3, -0.25) is 0 Å². The lowest BCUT2D eigenvalue weighted by Gasteiger charge is -2.15. The third-order valence-corrected chi connectivity index (χ3v) is 3.80. The summed E-state index contributed by atoms with van der Waals surface area (Å²) in [6.45, 7) is 0.792. The summed E-state index contributed by atoms with van der Waals surface area (Å²) in [6, 6.07) is 14.3. The van der Waals surface area contributed by atoms with E-state index in [0.717, 1.165) is 23.0 Å². The Kier molecular flexibility index (Phi) is 3.10. The first-order valence-corrected chi connectivity index (χ1v) is 6.71. The molecule has 19 heavy (non-hydrogen) atoms. The van der Waals surface area contributed by atoms with Crippen molar-refractivity contribution in [3.05, 3.63) is 42.0 Å². The zero-order valence-corrected chi connectivity index (χ0v) is 10.8. The fraction of sp³-hybridized carbons (Fsp3) is 0.312. The highest BCUT2D eigenvalue weighted by Crippen LogP contribution is 2.32. The van der Waals surface area contributed by atoms with Crippen LogP contribution in [0.1, 0.15) is 18.4 Å². The van der Waals surface area contributed by atoms with Gasteiger partial charge in [0.05, 0.1) is 11.6 Å². The van der Waals surface area contributed by atoms with Crippen molar-refractivity contribution in [1.29, 1.82) is 5.26 Å². The van der Waals surface area contributed by atoms with Crippen molar-refractivity contribution in [3.8, 4) is 6.07 Å². The molecule has 1 fully saturated rings. The Balaban J connectivity index is 1.89. The predicted octanol–water partition coefficient (Wildman–Crippen LogP) is 2.86. The Bertz CT molecular complexity index is 638. The normalized spacial score (nSPS) is 16.0. The molecule has 1 saturated carbocycles. The quantitative estimate of drug-likeness (QED) is 0.878. The number of hydrogen-bond donors (Lipinski definition) is 2. The minimum Gasteiger partial charge on any atom is -0.383 e. The lowest BCUT2D eigenvalue weighted by Crippen LogP contribution is -2.31. The molecule has 2 aromatic carbocycles. The van der Waals surface area contributed by atoms with E-state index in [1.807, 2.05) is 36.4 Å².